The van der Waals surface area contributed by atoms with Crippen LogP contribution in [0.3, 0.4) is 0 Å². The zero-order chi connectivity index (χ0) is 7.56. The fraction of sp³-hybridized carbons (Fsp3) is 0. The molecule has 8 nitrogen and oxygen atoms in total. The average molecular weight is 391 g/mol. The quantitative estimate of drug-likeness (QED) is 0.392. The molecule has 0 spiro atoms. The average Bonchev–Trinajstić information content (AvgIpc) is 1.93. The van der Waals surface area contributed by atoms with Crippen molar-refractivity contribution in [1.82, 2.24) is 0 Å². The molecule has 0 saturated heterocycles. The van der Waals surface area contributed by atoms with E-state index in [1.54, 1.807) is 0 Å². The van der Waals surface area contributed by atoms with Gasteiger partial charge >= 0.3 is 65.4 Å². The van der Waals surface area contributed by atoms with Crippen LogP contribution >= 0.6 is 0 Å². The first-order valence-corrected chi connectivity index (χ1v) is 7.10. The first kappa shape index (κ1) is 18.1. The summed E-state index contributed by atoms with van der Waals surface area (Å²) < 4.78 is 18.8. The molecule has 0 aromatic rings. The molecule has 0 unspecified atom stereocenters. The van der Waals surface area contributed by atoms with Crippen LogP contribution in [0.5, 0.6) is 0 Å². The third-order valence-electron chi connectivity index (χ3n) is 0.723. The summed E-state index contributed by atoms with van der Waals surface area (Å²) in [4.78, 5) is 20.7. The van der Waals surface area contributed by atoms with Crippen LogP contribution in [0, 0.1) is 0 Å². The molecule has 0 atom stereocenters. The molecule has 0 radical (unpaired) electrons. The van der Waals surface area contributed by atoms with Gasteiger partial charge in [-0.2, -0.15) is 0 Å². The number of hydrogen-bond donors (Lipinski definition) is 0. The van der Waals surface area contributed by atoms with Crippen molar-refractivity contribution < 1.29 is 34.1 Å². The molecule has 0 saturated carbocycles. The normalized spacial score (nSPS) is 13.7. The van der Waals surface area contributed by atoms with E-state index in [4.69, 9.17) is 0 Å². The predicted octanol–water partition coefficient (Wildman–Crippen LogP) is -3.42. The minimum absolute atomic E-state index is 0. The van der Waals surface area contributed by atoms with Crippen molar-refractivity contribution in [3.63, 3.8) is 0 Å². The van der Waals surface area contributed by atoms with Crippen LogP contribution in [-0.4, -0.2) is 52.0 Å². The predicted molar refractivity (Wildman–Crippen MR) is 38.6 cm³/mol. The Morgan fingerprint density at radius 1 is 0.923 bits per heavy atom. The third kappa shape index (κ3) is 6.44. The van der Waals surface area contributed by atoms with E-state index in [0.29, 0.717) is 0 Å². The summed E-state index contributed by atoms with van der Waals surface area (Å²) in [5.41, 5.74) is 0. The van der Waals surface area contributed by atoms with E-state index in [1.165, 1.54) is 0 Å². The summed E-state index contributed by atoms with van der Waals surface area (Å²) in [7, 11) is 0. The van der Waals surface area contributed by atoms with Crippen molar-refractivity contribution >= 4 is 35.6 Å². The molecule has 0 fully saturated rings. The maximum atomic E-state index is 10.5. The van der Waals surface area contributed by atoms with Crippen molar-refractivity contribution in [1.29, 1.82) is 0 Å². The molecule has 0 amide bonds. The van der Waals surface area contributed by atoms with E-state index in [2.05, 4.69) is 5.37 Å². The van der Waals surface area contributed by atoms with Crippen LogP contribution in [0.2, 0.25) is 0 Å². The van der Waals surface area contributed by atoms with Crippen molar-refractivity contribution in [3.8, 4) is 0 Å². The van der Waals surface area contributed by atoms with Gasteiger partial charge in [0, 0.05) is 0 Å². The number of hydrogen-bond acceptors (Lipinski definition) is 5. The topological polar surface area (TPSA) is 164 Å². The molecule has 1 heterocycles. The van der Waals surface area contributed by atoms with Crippen molar-refractivity contribution in [3.05, 3.63) is 12.2 Å². The van der Waals surface area contributed by atoms with Crippen LogP contribution < -0.4 is 0 Å². The Balaban J connectivity index is -0.000000333. The van der Waals surface area contributed by atoms with Gasteiger partial charge in [0.2, 0.25) is 0 Å². The zero-order valence-corrected chi connectivity index (χ0v) is 10.1. The third-order valence-corrected chi connectivity index (χ3v) is 3.58. The summed E-state index contributed by atoms with van der Waals surface area (Å²) >= 11 is -3.93. The second-order valence-electron chi connectivity index (χ2n) is 1.43. The van der Waals surface area contributed by atoms with Gasteiger partial charge in [-0.3, -0.25) is 0 Å². The van der Waals surface area contributed by atoms with Gasteiger partial charge in [0.25, 0.3) is 0 Å². The Morgan fingerprint density at radius 2 is 1.23 bits per heavy atom. The molecule has 1 rings (SSSR count). The van der Waals surface area contributed by atoms with Gasteiger partial charge in [-0.15, -0.1) is 0 Å². The Hall–Kier alpha value is -0.718. The van der Waals surface area contributed by atoms with Crippen molar-refractivity contribution in [2.45, 2.75) is 0 Å². The summed E-state index contributed by atoms with van der Waals surface area (Å²) in [6, 6.07) is 0. The molecule has 0 aromatic carbocycles. The second-order valence-corrected chi connectivity index (χ2v) is 4.96. The molecule has 0 bridgehead atoms. The monoisotopic (exact) mass is 392 g/mol. The summed E-state index contributed by atoms with van der Waals surface area (Å²) in [6.45, 7) is 0. The van der Waals surface area contributed by atoms with E-state index < -0.39 is 35.6 Å². The molecule has 6 N–H and O–H groups in total. The van der Waals surface area contributed by atoms with Crippen LogP contribution in [0.25, 0.3) is 0 Å². The molecular weight excluding hydrogens is 383 g/mol. The van der Waals surface area contributed by atoms with E-state index in [-0.39, 0.29) is 16.4 Å². The van der Waals surface area contributed by atoms with Crippen molar-refractivity contribution in [2.75, 3.05) is 0 Å². The number of carbonyl (C=O) groups excluding carboxylic acids is 2. The molecule has 0 aromatic heterocycles. The van der Waals surface area contributed by atoms with Crippen LogP contribution in [0.15, 0.2) is 12.2 Å². The molecule has 0 aliphatic carbocycles. The van der Waals surface area contributed by atoms with Crippen LogP contribution in [0.1, 0.15) is 0 Å². The number of rotatable bonds is 0. The molecule has 1 aliphatic heterocycles. The van der Waals surface area contributed by atoms with Gasteiger partial charge in [0.05, 0.1) is 0 Å². The van der Waals surface area contributed by atoms with Gasteiger partial charge in [0.15, 0.2) is 0 Å². The van der Waals surface area contributed by atoms with E-state index in [9.17, 15) is 12.3 Å². The Kier molecular flexibility index (Phi) is 11.0. The molecule has 1 aliphatic rings. The fourth-order valence-electron chi connectivity index (χ4n) is 0.389. The molecule has 9 heteroatoms. The SMILES string of the molecule is O.O.O.O=C1C=CC(=O)[O][Pb](=[O])[O]1. The van der Waals surface area contributed by atoms with Gasteiger partial charge in [-0.1, -0.05) is 0 Å². The van der Waals surface area contributed by atoms with Gasteiger partial charge in [0.1, 0.15) is 0 Å². The fourth-order valence-corrected chi connectivity index (χ4v) is 2.36. The second kappa shape index (κ2) is 7.91. The first-order chi connectivity index (χ1) is 4.68. The van der Waals surface area contributed by atoms with Crippen LogP contribution in [-0.2, 0) is 17.6 Å². The molecule has 76 valence electrons. The molecule has 13 heavy (non-hydrogen) atoms. The Bertz CT molecular complexity index is 210. The first-order valence-electron chi connectivity index (χ1n) is 2.34. The Morgan fingerprint density at radius 3 is 1.54 bits per heavy atom. The van der Waals surface area contributed by atoms with E-state index >= 15 is 0 Å². The summed E-state index contributed by atoms with van der Waals surface area (Å²) in [6.07, 6.45) is 1.77. The standard InChI is InChI=1S/C4H4O4.3H2O.O.Pb/c5-3(6)1-2-4(7)8;;;;;/h1-2H,(H,5,6)(H,7,8);3*1H2;;/q;;;;;+2/p-2. The van der Waals surface area contributed by atoms with Gasteiger partial charge in [-0.25, -0.2) is 0 Å². The van der Waals surface area contributed by atoms with Gasteiger partial charge in [-0.05, 0) is 0 Å². The minimum atomic E-state index is -3.93. The number of carbonyl (C=O) groups is 2. The van der Waals surface area contributed by atoms with E-state index in [0.717, 1.165) is 12.2 Å². The van der Waals surface area contributed by atoms with Gasteiger partial charge < -0.3 is 16.4 Å². The Labute approximate surface area is 82.0 Å². The van der Waals surface area contributed by atoms with Crippen LogP contribution in [0.4, 0.5) is 0 Å². The summed E-state index contributed by atoms with van der Waals surface area (Å²) in [5.74, 6) is -1.55. The van der Waals surface area contributed by atoms with E-state index in [1.807, 2.05) is 0 Å². The maximum absolute atomic E-state index is 10.5. The molecular formula is C4H8O8Pb. The zero-order valence-electron chi connectivity index (χ0n) is 6.20. The van der Waals surface area contributed by atoms with Crippen molar-refractivity contribution in [2.24, 2.45) is 0 Å². The summed E-state index contributed by atoms with van der Waals surface area (Å²) in [5, 5.41) is 0.